The molecule has 5 heteroatoms. The van der Waals surface area contributed by atoms with Crippen LogP contribution in [-0.2, 0) is 13.6 Å². The fourth-order valence-corrected chi connectivity index (χ4v) is 1.45. The van der Waals surface area contributed by atoms with Gasteiger partial charge in [0.05, 0.1) is 13.2 Å². The summed E-state index contributed by atoms with van der Waals surface area (Å²) in [4.78, 5) is 0. The Labute approximate surface area is 72.9 Å². The first-order chi connectivity index (χ1) is 5.62. The van der Waals surface area contributed by atoms with Crippen LogP contribution in [0.2, 0.25) is 0 Å². The van der Waals surface area contributed by atoms with Crippen molar-refractivity contribution < 1.29 is 17.8 Å². The highest BCUT2D eigenvalue weighted by Crippen LogP contribution is 2.49. The fraction of sp³-hybridized carbons (Fsp3) is 1.00. The Morgan fingerprint density at radius 2 is 1.92 bits per heavy atom. The maximum Gasteiger partial charge on any atom is 0.513 e. The van der Waals surface area contributed by atoms with E-state index in [1.165, 1.54) is 0 Å². The van der Waals surface area contributed by atoms with Crippen LogP contribution in [0.25, 0.3) is 0 Å². The molecule has 0 aliphatic heterocycles. The maximum atomic E-state index is 12.6. The number of hydrogen-bond acceptors (Lipinski definition) is 3. The fourth-order valence-electron chi connectivity index (χ4n) is 0.717. The third-order valence-corrected chi connectivity index (χ3v) is 2.33. The highest BCUT2D eigenvalue weighted by atomic mass is 31.2. The molecule has 74 valence electrons. The minimum Gasteiger partial charge on any atom is -0.284 e. The van der Waals surface area contributed by atoms with E-state index in [4.69, 9.17) is 0 Å². The van der Waals surface area contributed by atoms with Crippen LogP contribution >= 0.6 is 7.91 Å². The summed E-state index contributed by atoms with van der Waals surface area (Å²) in [5.74, 6) is 0. The first kappa shape index (κ1) is 12.1. The molecule has 0 amide bonds. The molecule has 1 atom stereocenters. The number of rotatable bonds is 7. The largest absolute Gasteiger partial charge is 0.513 e. The Morgan fingerprint density at radius 3 is 2.42 bits per heavy atom. The quantitative estimate of drug-likeness (QED) is 0.465. The molecular weight excluding hydrogens is 182 g/mol. The predicted octanol–water partition coefficient (Wildman–Crippen LogP) is 3.31. The summed E-state index contributed by atoms with van der Waals surface area (Å²) < 4.78 is 32.0. The summed E-state index contributed by atoms with van der Waals surface area (Å²) in [5, 5.41) is 0. The Morgan fingerprint density at radius 1 is 1.25 bits per heavy atom. The molecule has 0 aromatic heterocycles. The van der Waals surface area contributed by atoms with E-state index in [2.05, 4.69) is 9.05 Å². The average molecular weight is 198 g/mol. The van der Waals surface area contributed by atoms with E-state index in [0.717, 1.165) is 19.3 Å². The Hall–Kier alpha value is 0.0800. The molecule has 0 saturated carbocycles. The summed E-state index contributed by atoms with van der Waals surface area (Å²) in [6.07, 6.45) is 2.69. The van der Waals surface area contributed by atoms with E-state index in [1.807, 2.05) is 6.92 Å². The topological polar surface area (TPSA) is 35.5 Å². The summed E-state index contributed by atoms with van der Waals surface area (Å²) in [6.45, 7) is 3.84. The van der Waals surface area contributed by atoms with Gasteiger partial charge in [-0.05, 0) is 13.3 Å². The van der Waals surface area contributed by atoms with Gasteiger partial charge in [0.2, 0.25) is 0 Å². The van der Waals surface area contributed by atoms with Crippen molar-refractivity contribution in [1.29, 1.82) is 0 Å². The van der Waals surface area contributed by atoms with Crippen molar-refractivity contribution >= 4 is 7.91 Å². The molecular formula is C7H16FO3P. The van der Waals surface area contributed by atoms with Crippen molar-refractivity contribution in [3.63, 3.8) is 0 Å². The molecule has 0 radical (unpaired) electrons. The van der Waals surface area contributed by atoms with Crippen molar-refractivity contribution in [2.24, 2.45) is 0 Å². The molecule has 3 nitrogen and oxygen atoms in total. The van der Waals surface area contributed by atoms with Gasteiger partial charge in [0.15, 0.2) is 0 Å². The van der Waals surface area contributed by atoms with Crippen molar-refractivity contribution in [2.75, 3.05) is 13.2 Å². The van der Waals surface area contributed by atoms with Gasteiger partial charge in [-0.1, -0.05) is 19.8 Å². The minimum atomic E-state index is -4.23. The van der Waals surface area contributed by atoms with Gasteiger partial charge >= 0.3 is 7.91 Å². The van der Waals surface area contributed by atoms with Crippen molar-refractivity contribution in [3.8, 4) is 0 Å². The van der Waals surface area contributed by atoms with Crippen LogP contribution in [-0.4, -0.2) is 13.2 Å². The highest BCUT2D eigenvalue weighted by Gasteiger charge is 2.21. The molecule has 0 fully saturated rings. The zero-order valence-electron chi connectivity index (χ0n) is 7.59. The van der Waals surface area contributed by atoms with E-state index < -0.39 is 7.91 Å². The van der Waals surface area contributed by atoms with Gasteiger partial charge in [-0.15, -0.1) is 4.20 Å². The smallest absolute Gasteiger partial charge is 0.284 e. The number of unbranched alkanes of at least 4 members (excludes halogenated alkanes) is 2. The molecule has 12 heavy (non-hydrogen) atoms. The first-order valence-corrected chi connectivity index (χ1v) is 5.64. The van der Waals surface area contributed by atoms with Crippen molar-refractivity contribution in [2.45, 2.75) is 33.1 Å². The molecule has 0 spiro atoms. The lowest BCUT2D eigenvalue weighted by Crippen LogP contribution is -1.93. The van der Waals surface area contributed by atoms with E-state index in [-0.39, 0.29) is 13.2 Å². The van der Waals surface area contributed by atoms with Crippen molar-refractivity contribution in [3.05, 3.63) is 0 Å². The number of halogens is 1. The average Bonchev–Trinajstić information content (AvgIpc) is 1.98. The van der Waals surface area contributed by atoms with Crippen molar-refractivity contribution in [1.82, 2.24) is 0 Å². The van der Waals surface area contributed by atoms with Crippen LogP contribution in [0.1, 0.15) is 33.1 Å². The zero-order chi connectivity index (χ0) is 9.45. The molecule has 0 aliphatic rings. The molecule has 0 rings (SSSR count). The van der Waals surface area contributed by atoms with Gasteiger partial charge < -0.3 is 0 Å². The molecule has 0 saturated heterocycles. The van der Waals surface area contributed by atoms with Gasteiger partial charge in [0.1, 0.15) is 0 Å². The second-order valence-electron chi connectivity index (χ2n) is 2.39. The third-order valence-electron chi connectivity index (χ3n) is 1.28. The molecule has 0 heterocycles. The molecule has 0 bridgehead atoms. The molecule has 0 aliphatic carbocycles. The molecule has 0 N–H and O–H groups in total. The summed E-state index contributed by atoms with van der Waals surface area (Å²) in [7, 11) is -4.23. The van der Waals surface area contributed by atoms with E-state index in [0.29, 0.717) is 0 Å². The monoisotopic (exact) mass is 198 g/mol. The van der Waals surface area contributed by atoms with Crippen LogP contribution in [0.4, 0.5) is 4.20 Å². The summed E-state index contributed by atoms with van der Waals surface area (Å²) >= 11 is 0. The van der Waals surface area contributed by atoms with E-state index in [1.54, 1.807) is 6.92 Å². The third kappa shape index (κ3) is 6.77. The molecule has 0 aromatic carbocycles. The van der Waals surface area contributed by atoms with Gasteiger partial charge in [-0.25, -0.2) is 4.57 Å². The summed E-state index contributed by atoms with van der Waals surface area (Å²) in [6, 6.07) is 0. The Bertz CT molecular complexity index is 152. The van der Waals surface area contributed by atoms with Gasteiger partial charge in [0, 0.05) is 0 Å². The van der Waals surface area contributed by atoms with Crippen LogP contribution in [0.3, 0.4) is 0 Å². The Kier molecular flexibility index (Phi) is 6.62. The van der Waals surface area contributed by atoms with E-state index >= 15 is 0 Å². The van der Waals surface area contributed by atoms with E-state index in [9.17, 15) is 8.76 Å². The van der Waals surface area contributed by atoms with Crippen LogP contribution in [0.15, 0.2) is 0 Å². The SMILES string of the molecule is CCCCCOP(=O)(F)OCC. The second kappa shape index (κ2) is 6.58. The van der Waals surface area contributed by atoms with Gasteiger partial charge in [0.25, 0.3) is 0 Å². The lowest BCUT2D eigenvalue weighted by molar-refractivity contribution is 0.178. The molecule has 0 aromatic rings. The second-order valence-corrected chi connectivity index (χ2v) is 3.77. The van der Waals surface area contributed by atoms with Gasteiger partial charge in [-0.3, -0.25) is 9.05 Å². The lowest BCUT2D eigenvalue weighted by Gasteiger charge is -2.07. The van der Waals surface area contributed by atoms with Gasteiger partial charge in [-0.2, -0.15) is 0 Å². The molecule has 1 unspecified atom stereocenters. The minimum absolute atomic E-state index is 0.0710. The predicted molar refractivity (Wildman–Crippen MR) is 45.8 cm³/mol. The first-order valence-electron chi connectivity index (χ1n) is 4.21. The highest BCUT2D eigenvalue weighted by molar-refractivity contribution is 7.48. The zero-order valence-corrected chi connectivity index (χ0v) is 8.48. The number of hydrogen-bond donors (Lipinski definition) is 0. The van der Waals surface area contributed by atoms with Crippen LogP contribution < -0.4 is 0 Å². The standard InChI is InChI=1S/C7H16FO3P/c1-3-5-6-7-11-12(8,9)10-4-2/h3-7H2,1-2H3. The normalized spacial score (nSPS) is 15.9. The Balaban J connectivity index is 3.41. The van der Waals surface area contributed by atoms with Crippen LogP contribution in [0, 0.1) is 0 Å². The summed E-state index contributed by atoms with van der Waals surface area (Å²) in [5.41, 5.74) is 0. The maximum absolute atomic E-state index is 12.6. The van der Waals surface area contributed by atoms with Crippen LogP contribution in [0.5, 0.6) is 0 Å². The lowest BCUT2D eigenvalue weighted by atomic mass is 10.3.